The summed E-state index contributed by atoms with van der Waals surface area (Å²) < 4.78 is 5.44. The molecular weight excluding hydrogens is 350 g/mol. The number of carbonyl (C=O) groups excluding carboxylic acids is 2. The Kier molecular flexibility index (Phi) is 4.84. The van der Waals surface area contributed by atoms with E-state index in [2.05, 4.69) is 5.32 Å². The summed E-state index contributed by atoms with van der Waals surface area (Å²) in [6, 6.07) is 4.54. The van der Waals surface area contributed by atoms with E-state index in [0.717, 1.165) is 19.3 Å². The molecule has 1 N–H and O–H groups in total. The van der Waals surface area contributed by atoms with Gasteiger partial charge in [-0.3, -0.25) is 14.9 Å². The number of carbonyl (C=O) groups is 2. The van der Waals surface area contributed by atoms with Gasteiger partial charge in [0.1, 0.15) is 17.6 Å². The lowest BCUT2D eigenvalue weighted by Crippen LogP contribution is -2.47. The SMILES string of the molecule is CC(C)(C)OC(=O)N1CCC2(CC(Nc3ccc(C=O)cc3[N+](=O)[O-])C2)C1. The van der Waals surface area contributed by atoms with Crippen LogP contribution >= 0.6 is 0 Å². The molecule has 0 bridgehead atoms. The first-order chi connectivity index (χ1) is 12.6. The number of likely N-dealkylation sites (tertiary alicyclic amines) is 1. The number of anilines is 1. The molecule has 3 rings (SSSR count). The summed E-state index contributed by atoms with van der Waals surface area (Å²) in [6.45, 7) is 6.89. The number of aldehydes is 1. The number of nitrogens with zero attached hydrogens (tertiary/aromatic N) is 2. The summed E-state index contributed by atoms with van der Waals surface area (Å²) in [7, 11) is 0. The van der Waals surface area contributed by atoms with Crippen LogP contribution < -0.4 is 5.32 Å². The molecule has 1 saturated carbocycles. The third kappa shape index (κ3) is 4.20. The second kappa shape index (κ2) is 6.83. The number of nitro groups is 1. The minimum absolute atomic E-state index is 0.0616. The van der Waals surface area contributed by atoms with E-state index in [1.807, 2.05) is 20.8 Å². The van der Waals surface area contributed by atoms with Gasteiger partial charge in [0.05, 0.1) is 4.92 Å². The number of nitro benzene ring substituents is 1. The van der Waals surface area contributed by atoms with Crippen LogP contribution in [0.1, 0.15) is 50.4 Å². The highest BCUT2D eigenvalue weighted by atomic mass is 16.6. The summed E-state index contributed by atoms with van der Waals surface area (Å²) in [5.41, 5.74) is 0.158. The van der Waals surface area contributed by atoms with Crippen molar-refractivity contribution >= 4 is 23.8 Å². The van der Waals surface area contributed by atoms with Crippen molar-refractivity contribution in [3.8, 4) is 0 Å². The van der Waals surface area contributed by atoms with Crippen molar-refractivity contribution in [2.24, 2.45) is 5.41 Å². The van der Waals surface area contributed by atoms with Gasteiger partial charge in [-0.2, -0.15) is 0 Å². The zero-order chi connectivity index (χ0) is 19.8. The van der Waals surface area contributed by atoms with Crippen molar-refractivity contribution in [1.29, 1.82) is 0 Å². The van der Waals surface area contributed by atoms with Gasteiger partial charge in [0.2, 0.25) is 0 Å². The normalized spacial score (nSPS) is 24.4. The predicted molar refractivity (Wildman–Crippen MR) is 100.0 cm³/mol. The average Bonchev–Trinajstić information content (AvgIpc) is 2.98. The van der Waals surface area contributed by atoms with Crippen LogP contribution in [-0.4, -0.2) is 46.9 Å². The summed E-state index contributed by atoms with van der Waals surface area (Å²) in [6.07, 6.45) is 2.92. The molecule has 146 valence electrons. The van der Waals surface area contributed by atoms with Gasteiger partial charge in [0.25, 0.3) is 5.69 Å². The van der Waals surface area contributed by atoms with E-state index >= 15 is 0 Å². The van der Waals surface area contributed by atoms with Gasteiger partial charge < -0.3 is 15.0 Å². The molecule has 2 aliphatic rings. The number of nitrogens with one attached hydrogen (secondary N) is 1. The minimum Gasteiger partial charge on any atom is -0.444 e. The Morgan fingerprint density at radius 3 is 2.70 bits per heavy atom. The molecule has 8 heteroatoms. The molecule has 27 heavy (non-hydrogen) atoms. The summed E-state index contributed by atoms with van der Waals surface area (Å²) in [4.78, 5) is 35.6. The molecule has 0 atom stereocenters. The van der Waals surface area contributed by atoms with E-state index in [4.69, 9.17) is 4.74 Å². The number of ether oxygens (including phenoxy) is 1. The van der Waals surface area contributed by atoms with Crippen LogP contribution in [0, 0.1) is 15.5 Å². The van der Waals surface area contributed by atoms with Crippen molar-refractivity contribution in [3.63, 3.8) is 0 Å². The Labute approximate surface area is 158 Å². The quantitative estimate of drug-likeness (QED) is 0.490. The van der Waals surface area contributed by atoms with Crippen LogP contribution in [0.5, 0.6) is 0 Å². The highest BCUT2D eigenvalue weighted by molar-refractivity contribution is 5.79. The van der Waals surface area contributed by atoms with Crippen molar-refractivity contribution < 1.29 is 19.2 Å². The highest BCUT2D eigenvalue weighted by Crippen LogP contribution is 2.49. The van der Waals surface area contributed by atoms with Crippen molar-refractivity contribution in [2.45, 2.75) is 51.7 Å². The van der Waals surface area contributed by atoms with Gasteiger partial charge in [-0.1, -0.05) is 0 Å². The molecule has 0 radical (unpaired) electrons. The van der Waals surface area contributed by atoms with Crippen molar-refractivity contribution in [3.05, 3.63) is 33.9 Å². The molecule has 1 aromatic carbocycles. The molecule has 0 aromatic heterocycles. The smallest absolute Gasteiger partial charge is 0.410 e. The minimum atomic E-state index is -0.511. The molecule has 1 aliphatic heterocycles. The van der Waals surface area contributed by atoms with Crippen LogP contribution in [-0.2, 0) is 4.74 Å². The Morgan fingerprint density at radius 2 is 2.11 bits per heavy atom. The number of amides is 1. The molecule has 1 amide bonds. The summed E-state index contributed by atoms with van der Waals surface area (Å²) in [5.74, 6) is 0. The third-order valence-electron chi connectivity index (χ3n) is 5.16. The maximum Gasteiger partial charge on any atom is 0.410 e. The van der Waals surface area contributed by atoms with Crippen LogP contribution in [0.15, 0.2) is 18.2 Å². The first kappa shape index (κ1) is 19.1. The molecule has 0 unspecified atom stereocenters. The lowest BCUT2D eigenvalue weighted by atomic mass is 9.65. The van der Waals surface area contributed by atoms with E-state index in [1.54, 1.807) is 17.0 Å². The fourth-order valence-corrected chi connectivity index (χ4v) is 3.95. The standard InChI is InChI=1S/C19H25N3O5/c1-18(2,3)27-17(24)21-7-6-19(12-21)9-14(10-19)20-15-5-4-13(11-23)8-16(15)22(25)26/h4-5,8,11,14,20H,6-7,9-10,12H2,1-3H3. The van der Waals surface area contributed by atoms with Crippen LogP contribution in [0.3, 0.4) is 0 Å². The first-order valence-corrected chi connectivity index (χ1v) is 9.09. The zero-order valence-corrected chi connectivity index (χ0v) is 15.9. The van der Waals surface area contributed by atoms with Crippen LogP contribution in [0.4, 0.5) is 16.2 Å². The molecule has 1 heterocycles. The lowest BCUT2D eigenvalue weighted by molar-refractivity contribution is -0.384. The number of rotatable bonds is 4. The maximum absolute atomic E-state index is 12.2. The Hall–Kier alpha value is -2.64. The van der Waals surface area contributed by atoms with E-state index < -0.39 is 10.5 Å². The number of benzene rings is 1. The number of hydrogen-bond acceptors (Lipinski definition) is 6. The highest BCUT2D eigenvalue weighted by Gasteiger charge is 2.50. The third-order valence-corrected chi connectivity index (χ3v) is 5.16. The Bertz CT molecular complexity index is 765. The molecule has 2 fully saturated rings. The first-order valence-electron chi connectivity index (χ1n) is 9.09. The van der Waals surface area contributed by atoms with Gasteiger partial charge in [-0.25, -0.2) is 4.79 Å². The van der Waals surface area contributed by atoms with Crippen molar-refractivity contribution in [1.82, 2.24) is 4.90 Å². The summed E-state index contributed by atoms with van der Waals surface area (Å²) >= 11 is 0. The Balaban J connectivity index is 1.58. The second-order valence-electron chi connectivity index (χ2n) is 8.55. The lowest BCUT2D eigenvalue weighted by Gasteiger charge is -2.45. The number of hydrogen-bond donors (Lipinski definition) is 1. The molecule has 1 aromatic rings. The van der Waals surface area contributed by atoms with E-state index in [0.29, 0.717) is 25.1 Å². The van der Waals surface area contributed by atoms with Crippen LogP contribution in [0.2, 0.25) is 0 Å². The Morgan fingerprint density at radius 1 is 1.41 bits per heavy atom. The van der Waals surface area contributed by atoms with E-state index in [1.165, 1.54) is 6.07 Å². The van der Waals surface area contributed by atoms with Gasteiger partial charge in [-0.05, 0) is 57.6 Å². The fraction of sp³-hybridized carbons (Fsp3) is 0.579. The predicted octanol–water partition coefficient (Wildman–Crippen LogP) is 3.61. The largest absolute Gasteiger partial charge is 0.444 e. The summed E-state index contributed by atoms with van der Waals surface area (Å²) in [5, 5.41) is 14.5. The molecule has 1 saturated heterocycles. The van der Waals surface area contributed by atoms with Gasteiger partial charge >= 0.3 is 6.09 Å². The van der Waals surface area contributed by atoms with Crippen LogP contribution in [0.25, 0.3) is 0 Å². The molecular formula is C19H25N3O5. The molecule has 1 aliphatic carbocycles. The monoisotopic (exact) mass is 375 g/mol. The molecule has 8 nitrogen and oxygen atoms in total. The van der Waals surface area contributed by atoms with E-state index in [-0.39, 0.29) is 28.8 Å². The van der Waals surface area contributed by atoms with Crippen molar-refractivity contribution in [2.75, 3.05) is 18.4 Å². The topological polar surface area (TPSA) is 102 Å². The zero-order valence-electron chi connectivity index (χ0n) is 15.9. The maximum atomic E-state index is 12.2. The molecule has 1 spiro atoms. The van der Waals surface area contributed by atoms with Gasteiger partial charge in [0, 0.05) is 30.8 Å². The van der Waals surface area contributed by atoms with Gasteiger partial charge in [0.15, 0.2) is 0 Å². The fourth-order valence-electron chi connectivity index (χ4n) is 3.95. The second-order valence-corrected chi connectivity index (χ2v) is 8.55. The van der Waals surface area contributed by atoms with E-state index in [9.17, 15) is 19.7 Å². The van der Waals surface area contributed by atoms with Gasteiger partial charge in [-0.15, -0.1) is 0 Å². The average molecular weight is 375 g/mol.